The predicted molar refractivity (Wildman–Crippen MR) is 150 cm³/mol. The van der Waals surface area contributed by atoms with Gasteiger partial charge in [-0.25, -0.2) is 0 Å². The highest BCUT2D eigenvalue weighted by Crippen LogP contribution is 2.46. The van der Waals surface area contributed by atoms with E-state index in [9.17, 15) is 4.39 Å². The Morgan fingerprint density at radius 1 is 0.543 bits per heavy atom. The fraction of sp³-hybridized carbons (Fsp3) is 0.824. The molecule has 35 heavy (non-hydrogen) atoms. The van der Waals surface area contributed by atoms with Crippen LogP contribution < -0.4 is 0 Å². The van der Waals surface area contributed by atoms with Crippen molar-refractivity contribution in [1.82, 2.24) is 0 Å². The minimum atomic E-state index is -0.120. The summed E-state index contributed by atoms with van der Waals surface area (Å²) >= 11 is 0. The van der Waals surface area contributed by atoms with Crippen molar-refractivity contribution in [3.63, 3.8) is 0 Å². The topological polar surface area (TPSA) is 0 Å². The number of hydrogen-bond acceptors (Lipinski definition) is 0. The van der Waals surface area contributed by atoms with Crippen LogP contribution in [0.1, 0.15) is 134 Å². The molecule has 4 rings (SSSR count). The minimum absolute atomic E-state index is 0.120. The van der Waals surface area contributed by atoms with Gasteiger partial charge in [-0.2, -0.15) is 0 Å². The van der Waals surface area contributed by atoms with Gasteiger partial charge in [0.1, 0.15) is 0 Å². The molecule has 0 unspecified atom stereocenters. The van der Waals surface area contributed by atoms with Crippen LogP contribution in [0.4, 0.5) is 4.39 Å². The van der Waals surface area contributed by atoms with E-state index in [1.807, 2.05) is 0 Å². The van der Waals surface area contributed by atoms with Crippen LogP contribution in [-0.4, -0.2) is 6.67 Å². The lowest BCUT2D eigenvalue weighted by Crippen LogP contribution is -2.29. The number of benzene rings is 1. The molecule has 1 aromatic rings. The van der Waals surface area contributed by atoms with Gasteiger partial charge in [0.05, 0.1) is 6.67 Å². The number of alkyl halides is 1. The zero-order valence-corrected chi connectivity index (χ0v) is 23.0. The molecule has 0 spiro atoms. The molecule has 0 heterocycles. The van der Waals surface area contributed by atoms with E-state index < -0.39 is 0 Å². The summed E-state index contributed by atoms with van der Waals surface area (Å²) in [5, 5.41) is 0. The van der Waals surface area contributed by atoms with E-state index in [1.165, 1.54) is 121 Å². The van der Waals surface area contributed by atoms with Gasteiger partial charge < -0.3 is 0 Å². The zero-order chi connectivity index (χ0) is 24.3. The zero-order valence-electron chi connectivity index (χ0n) is 23.0. The van der Waals surface area contributed by atoms with Gasteiger partial charge in [-0.15, -0.1) is 0 Å². The van der Waals surface area contributed by atoms with Crippen molar-refractivity contribution in [1.29, 1.82) is 0 Å². The molecular weight excluding hydrogens is 427 g/mol. The highest BCUT2D eigenvalue weighted by molar-refractivity contribution is 5.22. The number of hydrogen-bond donors (Lipinski definition) is 0. The molecule has 0 amide bonds. The molecule has 0 aromatic heterocycles. The molecule has 3 saturated carbocycles. The third kappa shape index (κ3) is 8.60. The summed E-state index contributed by atoms with van der Waals surface area (Å²) in [6.45, 7) is 2.15. The van der Waals surface area contributed by atoms with Crippen LogP contribution >= 0.6 is 0 Å². The molecule has 3 aliphatic rings. The van der Waals surface area contributed by atoms with Gasteiger partial charge in [0, 0.05) is 0 Å². The first-order chi connectivity index (χ1) is 17.2. The molecule has 0 atom stereocenters. The van der Waals surface area contributed by atoms with E-state index in [-0.39, 0.29) is 6.67 Å². The van der Waals surface area contributed by atoms with Crippen LogP contribution in [0.5, 0.6) is 0 Å². The Balaban J connectivity index is 1.08. The Kier molecular flexibility index (Phi) is 11.5. The second kappa shape index (κ2) is 14.8. The monoisotopic (exact) mass is 482 g/mol. The predicted octanol–water partition coefficient (Wildman–Crippen LogP) is 10.5. The summed E-state index contributed by atoms with van der Waals surface area (Å²) in [7, 11) is 0. The van der Waals surface area contributed by atoms with Crippen LogP contribution in [-0.2, 0) is 12.8 Å². The van der Waals surface area contributed by atoms with Crippen molar-refractivity contribution in [3.8, 4) is 0 Å². The van der Waals surface area contributed by atoms with Gasteiger partial charge in [-0.05, 0) is 124 Å². The second-order valence-corrected chi connectivity index (χ2v) is 12.9. The Bertz CT molecular complexity index is 669. The number of rotatable bonds is 12. The van der Waals surface area contributed by atoms with Crippen molar-refractivity contribution in [3.05, 3.63) is 35.4 Å². The fourth-order valence-corrected chi connectivity index (χ4v) is 8.22. The van der Waals surface area contributed by atoms with Gasteiger partial charge in [-0.1, -0.05) is 82.6 Å². The number of halogens is 1. The van der Waals surface area contributed by atoms with Crippen molar-refractivity contribution >= 4 is 0 Å². The summed E-state index contributed by atoms with van der Waals surface area (Å²) in [4.78, 5) is 0. The maximum absolute atomic E-state index is 12.3. The van der Waals surface area contributed by atoms with Gasteiger partial charge in [0.15, 0.2) is 0 Å². The molecule has 1 aromatic carbocycles. The molecule has 0 bridgehead atoms. The van der Waals surface area contributed by atoms with Gasteiger partial charge in [-0.3, -0.25) is 4.39 Å². The van der Waals surface area contributed by atoms with E-state index in [2.05, 4.69) is 31.2 Å². The molecule has 0 nitrogen and oxygen atoms in total. The molecule has 0 radical (unpaired) electrons. The minimum Gasteiger partial charge on any atom is -0.251 e. The molecule has 0 N–H and O–H groups in total. The van der Waals surface area contributed by atoms with E-state index in [0.29, 0.717) is 0 Å². The Morgan fingerprint density at radius 3 is 1.43 bits per heavy atom. The number of unbranched alkanes of at least 4 members (excludes halogenated alkanes) is 2. The Hall–Kier alpha value is -0.850. The smallest absolute Gasteiger partial charge is 0.0894 e. The summed E-state index contributed by atoms with van der Waals surface area (Å²) in [5.74, 6) is 6.09. The Morgan fingerprint density at radius 2 is 0.971 bits per heavy atom. The van der Waals surface area contributed by atoms with Gasteiger partial charge in [0.25, 0.3) is 0 Å². The highest BCUT2D eigenvalue weighted by atomic mass is 19.1. The lowest BCUT2D eigenvalue weighted by atomic mass is 9.64. The average molecular weight is 483 g/mol. The lowest BCUT2D eigenvalue weighted by Gasteiger charge is -2.41. The van der Waals surface area contributed by atoms with Crippen LogP contribution in [0.2, 0.25) is 0 Å². The maximum atomic E-state index is 12.3. The summed E-state index contributed by atoms with van der Waals surface area (Å²) in [5.41, 5.74) is 3.05. The first-order valence-corrected chi connectivity index (χ1v) is 15.9. The van der Waals surface area contributed by atoms with E-state index in [4.69, 9.17) is 0 Å². The van der Waals surface area contributed by atoms with Crippen LogP contribution in [0.3, 0.4) is 0 Å². The lowest BCUT2D eigenvalue weighted by molar-refractivity contribution is 0.102. The molecule has 1 heteroatoms. The summed E-state index contributed by atoms with van der Waals surface area (Å²) in [6.07, 6.45) is 27.8. The van der Waals surface area contributed by atoms with Crippen LogP contribution in [0.25, 0.3) is 0 Å². The Labute approximate surface area is 217 Å². The SMILES string of the molecule is CCCc1ccc(CCC2CCC(C3CCC([C@H]4CC[C@H](CCCCCF)CC4)CC3)CC2)cc1. The molecule has 0 aliphatic heterocycles. The third-order valence-electron chi connectivity index (χ3n) is 10.6. The fourth-order valence-electron chi connectivity index (χ4n) is 8.22. The van der Waals surface area contributed by atoms with Crippen LogP contribution in [0.15, 0.2) is 24.3 Å². The first kappa shape index (κ1) is 27.2. The third-order valence-corrected chi connectivity index (χ3v) is 10.6. The summed E-state index contributed by atoms with van der Waals surface area (Å²) in [6, 6.07) is 9.48. The average Bonchev–Trinajstić information content (AvgIpc) is 2.92. The number of aryl methyl sites for hydroxylation is 2. The highest BCUT2D eigenvalue weighted by Gasteiger charge is 2.34. The van der Waals surface area contributed by atoms with E-state index in [0.717, 1.165) is 48.3 Å². The second-order valence-electron chi connectivity index (χ2n) is 12.9. The van der Waals surface area contributed by atoms with Crippen molar-refractivity contribution in [2.75, 3.05) is 6.67 Å². The molecular formula is C34H55F. The van der Waals surface area contributed by atoms with E-state index in [1.54, 1.807) is 5.56 Å². The molecule has 3 fully saturated rings. The van der Waals surface area contributed by atoms with Crippen molar-refractivity contribution < 1.29 is 4.39 Å². The van der Waals surface area contributed by atoms with Crippen molar-refractivity contribution in [2.24, 2.45) is 35.5 Å². The van der Waals surface area contributed by atoms with Crippen molar-refractivity contribution in [2.45, 2.75) is 135 Å². The van der Waals surface area contributed by atoms with Crippen LogP contribution in [0, 0.1) is 35.5 Å². The normalized spacial score (nSPS) is 31.9. The maximum Gasteiger partial charge on any atom is 0.0894 e. The first-order valence-electron chi connectivity index (χ1n) is 15.9. The molecule has 198 valence electrons. The largest absolute Gasteiger partial charge is 0.251 e. The van der Waals surface area contributed by atoms with Gasteiger partial charge in [0.2, 0.25) is 0 Å². The molecule has 3 aliphatic carbocycles. The van der Waals surface area contributed by atoms with Gasteiger partial charge >= 0.3 is 0 Å². The quantitative estimate of drug-likeness (QED) is 0.260. The van der Waals surface area contributed by atoms with E-state index >= 15 is 0 Å². The summed E-state index contributed by atoms with van der Waals surface area (Å²) < 4.78 is 12.3. The molecule has 0 saturated heterocycles. The standard InChI is InChI=1S/C34H55F/c1-2-6-27-8-10-29(11-9-27)12-13-30-16-20-32(21-17-30)34-24-22-33(23-25-34)31-18-14-28(15-19-31)7-4-3-5-26-35/h8-11,28,30-34H,2-7,12-26H2,1H3/t28-,30?,31-,32?,33?,34?.